The van der Waals surface area contributed by atoms with Gasteiger partial charge >= 0.3 is 0 Å². The summed E-state index contributed by atoms with van der Waals surface area (Å²) < 4.78 is 0. The van der Waals surface area contributed by atoms with Gasteiger partial charge in [0.25, 0.3) is 0 Å². The molecule has 1 heterocycles. The molecule has 11 heavy (non-hydrogen) atoms. The Kier molecular flexibility index (Phi) is 2.75. The molecule has 1 aliphatic rings. The van der Waals surface area contributed by atoms with Crippen molar-refractivity contribution >= 4 is 0 Å². The summed E-state index contributed by atoms with van der Waals surface area (Å²) >= 11 is 0. The number of nitrogens with zero attached hydrogens (tertiary/aromatic N) is 1. The Morgan fingerprint density at radius 3 is 2.36 bits per heavy atom. The largest absolute Gasteiger partial charge is 0.378 e. The quantitative estimate of drug-likeness (QED) is 0.548. The second-order valence-corrected chi connectivity index (χ2v) is 3.34. The van der Waals surface area contributed by atoms with Crippen molar-refractivity contribution in [3.05, 3.63) is 24.9 Å². The van der Waals surface area contributed by atoms with Gasteiger partial charge in [-0.2, -0.15) is 0 Å². The van der Waals surface area contributed by atoms with Crippen LogP contribution in [0.5, 0.6) is 0 Å². The van der Waals surface area contributed by atoms with Crippen LogP contribution in [0.15, 0.2) is 24.9 Å². The Labute approximate surface area is 69.4 Å². The lowest BCUT2D eigenvalue weighted by Gasteiger charge is -2.30. The Morgan fingerprint density at radius 2 is 2.00 bits per heavy atom. The molecule has 0 unspecified atom stereocenters. The van der Waals surface area contributed by atoms with Gasteiger partial charge in [0, 0.05) is 13.1 Å². The van der Waals surface area contributed by atoms with E-state index in [9.17, 15) is 0 Å². The van der Waals surface area contributed by atoms with Gasteiger partial charge in [0.1, 0.15) is 0 Å². The van der Waals surface area contributed by atoms with Crippen molar-refractivity contribution in [3.8, 4) is 0 Å². The zero-order chi connectivity index (χ0) is 8.27. The normalized spacial score (nSPS) is 19.9. The van der Waals surface area contributed by atoms with Gasteiger partial charge in [-0.3, -0.25) is 0 Å². The van der Waals surface area contributed by atoms with E-state index in [1.165, 1.54) is 18.4 Å². The predicted molar refractivity (Wildman–Crippen MR) is 49.3 cm³/mol. The molecule has 1 rings (SSSR count). The maximum Gasteiger partial charge on any atom is 0.0178 e. The van der Waals surface area contributed by atoms with E-state index in [0.717, 1.165) is 19.0 Å². The van der Waals surface area contributed by atoms with Crippen LogP contribution in [0.25, 0.3) is 0 Å². The highest BCUT2D eigenvalue weighted by Crippen LogP contribution is 2.22. The molecule has 1 fully saturated rings. The van der Waals surface area contributed by atoms with Gasteiger partial charge in [0.05, 0.1) is 0 Å². The summed E-state index contributed by atoms with van der Waals surface area (Å²) in [5, 5.41) is 0. The maximum absolute atomic E-state index is 3.99. The van der Waals surface area contributed by atoms with E-state index in [4.69, 9.17) is 0 Å². The van der Waals surface area contributed by atoms with Gasteiger partial charge in [-0.25, -0.2) is 0 Å². The van der Waals surface area contributed by atoms with Gasteiger partial charge in [-0.05, 0) is 31.9 Å². The topological polar surface area (TPSA) is 3.24 Å². The van der Waals surface area contributed by atoms with Crippen LogP contribution in [0.3, 0.4) is 0 Å². The van der Waals surface area contributed by atoms with E-state index in [-0.39, 0.29) is 0 Å². The first-order chi connectivity index (χ1) is 5.24. The SMILES string of the molecule is C=CN1CCC(C(=C)C)CC1. The van der Waals surface area contributed by atoms with Crippen molar-refractivity contribution in [1.29, 1.82) is 0 Å². The van der Waals surface area contributed by atoms with Gasteiger partial charge < -0.3 is 4.90 Å². The second-order valence-electron chi connectivity index (χ2n) is 3.34. The smallest absolute Gasteiger partial charge is 0.0178 e. The Balaban J connectivity index is 2.35. The molecule has 1 nitrogen and oxygen atoms in total. The number of hydrogen-bond donors (Lipinski definition) is 0. The molecule has 0 aromatic heterocycles. The predicted octanol–water partition coefficient (Wildman–Crippen LogP) is 2.42. The van der Waals surface area contributed by atoms with Crippen LogP contribution < -0.4 is 0 Å². The lowest BCUT2D eigenvalue weighted by atomic mass is 9.91. The van der Waals surface area contributed by atoms with E-state index >= 15 is 0 Å². The Morgan fingerprint density at radius 1 is 1.45 bits per heavy atom. The second kappa shape index (κ2) is 3.61. The summed E-state index contributed by atoms with van der Waals surface area (Å²) in [5.41, 5.74) is 1.34. The van der Waals surface area contributed by atoms with Crippen LogP contribution in [0.4, 0.5) is 0 Å². The van der Waals surface area contributed by atoms with Crippen molar-refractivity contribution in [2.75, 3.05) is 13.1 Å². The van der Waals surface area contributed by atoms with Gasteiger partial charge in [0.2, 0.25) is 0 Å². The number of allylic oxidation sites excluding steroid dienone is 1. The van der Waals surface area contributed by atoms with E-state index < -0.39 is 0 Å². The number of piperidine rings is 1. The van der Waals surface area contributed by atoms with E-state index in [1.807, 2.05) is 6.20 Å². The van der Waals surface area contributed by atoms with Crippen molar-refractivity contribution < 1.29 is 0 Å². The molecule has 0 saturated carbocycles. The van der Waals surface area contributed by atoms with Gasteiger partial charge in [-0.15, -0.1) is 0 Å². The average molecular weight is 151 g/mol. The monoisotopic (exact) mass is 151 g/mol. The molecule has 1 heteroatoms. The van der Waals surface area contributed by atoms with Crippen LogP contribution in [-0.2, 0) is 0 Å². The van der Waals surface area contributed by atoms with E-state index in [2.05, 4.69) is 25.0 Å². The molecule has 0 aromatic rings. The third-order valence-electron chi connectivity index (χ3n) is 2.48. The van der Waals surface area contributed by atoms with Crippen LogP contribution in [-0.4, -0.2) is 18.0 Å². The molecule has 0 aromatic carbocycles. The van der Waals surface area contributed by atoms with Crippen molar-refractivity contribution in [2.24, 2.45) is 5.92 Å². The lowest BCUT2D eigenvalue weighted by molar-refractivity contribution is 0.265. The third-order valence-corrected chi connectivity index (χ3v) is 2.48. The highest BCUT2D eigenvalue weighted by molar-refractivity contribution is 4.98. The molecule has 0 bridgehead atoms. The fourth-order valence-corrected chi connectivity index (χ4v) is 1.57. The van der Waals surface area contributed by atoms with Gasteiger partial charge in [0.15, 0.2) is 0 Å². The summed E-state index contributed by atoms with van der Waals surface area (Å²) in [7, 11) is 0. The molecular formula is C10H17N. The van der Waals surface area contributed by atoms with Crippen LogP contribution in [0.1, 0.15) is 19.8 Å². The molecule has 0 amide bonds. The minimum Gasteiger partial charge on any atom is -0.378 e. The summed E-state index contributed by atoms with van der Waals surface area (Å²) in [6.45, 7) is 12.2. The van der Waals surface area contributed by atoms with Crippen LogP contribution in [0.2, 0.25) is 0 Å². The number of likely N-dealkylation sites (tertiary alicyclic amines) is 1. The highest BCUT2D eigenvalue weighted by Gasteiger charge is 2.16. The molecule has 0 radical (unpaired) electrons. The molecule has 0 N–H and O–H groups in total. The zero-order valence-corrected chi connectivity index (χ0v) is 7.34. The van der Waals surface area contributed by atoms with E-state index in [1.54, 1.807) is 0 Å². The Bertz CT molecular complexity index is 152. The summed E-state index contributed by atoms with van der Waals surface area (Å²) in [6, 6.07) is 0. The minimum absolute atomic E-state index is 0.756. The molecule has 0 aliphatic carbocycles. The molecule has 0 spiro atoms. The Hall–Kier alpha value is -0.720. The summed E-state index contributed by atoms with van der Waals surface area (Å²) in [4.78, 5) is 2.28. The maximum atomic E-state index is 3.99. The molecule has 1 aliphatic heterocycles. The average Bonchev–Trinajstić information content (AvgIpc) is 2.05. The fraction of sp³-hybridized carbons (Fsp3) is 0.600. The third kappa shape index (κ3) is 2.11. The molecular weight excluding hydrogens is 134 g/mol. The highest BCUT2D eigenvalue weighted by atomic mass is 15.1. The number of hydrogen-bond acceptors (Lipinski definition) is 1. The van der Waals surface area contributed by atoms with Crippen molar-refractivity contribution in [2.45, 2.75) is 19.8 Å². The number of rotatable bonds is 2. The first kappa shape index (κ1) is 8.38. The van der Waals surface area contributed by atoms with Crippen molar-refractivity contribution in [3.63, 3.8) is 0 Å². The molecule has 62 valence electrons. The molecule has 1 saturated heterocycles. The van der Waals surface area contributed by atoms with Gasteiger partial charge in [-0.1, -0.05) is 18.7 Å². The summed E-state index contributed by atoms with van der Waals surface area (Å²) in [6.07, 6.45) is 4.44. The minimum atomic E-state index is 0.756. The standard InChI is InChI=1S/C10H17N/c1-4-11-7-5-10(6-8-11)9(2)3/h4,10H,1-2,5-8H2,3H3. The van der Waals surface area contributed by atoms with Crippen LogP contribution >= 0.6 is 0 Å². The van der Waals surface area contributed by atoms with E-state index in [0.29, 0.717) is 0 Å². The first-order valence-corrected chi connectivity index (χ1v) is 4.26. The molecule has 0 atom stereocenters. The van der Waals surface area contributed by atoms with Crippen LogP contribution in [0, 0.1) is 5.92 Å². The summed E-state index contributed by atoms with van der Waals surface area (Å²) in [5.74, 6) is 0.756. The zero-order valence-electron chi connectivity index (χ0n) is 7.34. The van der Waals surface area contributed by atoms with Crippen molar-refractivity contribution in [1.82, 2.24) is 4.90 Å². The lowest BCUT2D eigenvalue weighted by Crippen LogP contribution is -2.29. The first-order valence-electron chi connectivity index (χ1n) is 4.26. The fourth-order valence-electron chi connectivity index (χ4n) is 1.57.